The lowest BCUT2D eigenvalue weighted by Gasteiger charge is -2.70. The molecule has 1 amide bonds. The van der Waals surface area contributed by atoms with Crippen molar-refractivity contribution in [3.8, 4) is 11.3 Å². The Balaban J connectivity index is 1.15. The van der Waals surface area contributed by atoms with E-state index in [0.717, 1.165) is 19.2 Å². The van der Waals surface area contributed by atoms with Crippen LogP contribution in [0.4, 0.5) is 26.3 Å². The van der Waals surface area contributed by atoms with Gasteiger partial charge < -0.3 is 19.4 Å². The van der Waals surface area contributed by atoms with E-state index in [0.29, 0.717) is 25.0 Å². The van der Waals surface area contributed by atoms with Crippen LogP contribution in [-0.4, -0.2) is 59.3 Å². The summed E-state index contributed by atoms with van der Waals surface area (Å²) in [5.74, 6) is -1.28. The number of aromatic nitrogens is 2. The van der Waals surface area contributed by atoms with Crippen molar-refractivity contribution in [1.29, 1.82) is 0 Å². The van der Waals surface area contributed by atoms with Gasteiger partial charge in [-0.1, -0.05) is 6.07 Å². The number of hydrogen-bond donors (Lipinski definition) is 1. The van der Waals surface area contributed by atoms with Gasteiger partial charge in [-0.3, -0.25) is 9.53 Å². The average Bonchev–Trinajstić information content (AvgIpc) is 3.24. The van der Waals surface area contributed by atoms with Gasteiger partial charge in [-0.25, -0.2) is 9.78 Å². The van der Waals surface area contributed by atoms with E-state index in [-0.39, 0.29) is 42.0 Å². The predicted octanol–water partition coefficient (Wildman–Crippen LogP) is 4.19. The maximum atomic E-state index is 13.1. The molecule has 206 valence electrons. The Morgan fingerprint density at radius 2 is 1.79 bits per heavy atom. The van der Waals surface area contributed by atoms with Gasteiger partial charge in [0.1, 0.15) is 6.61 Å². The molecule has 6 rings (SSSR count). The lowest BCUT2D eigenvalue weighted by Crippen LogP contribution is -2.78. The molecule has 8 nitrogen and oxygen atoms in total. The number of halogens is 6. The van der Waals surface area contributed by atoms with Gasteiger partial charge >= 0.3 is 18.5 Å². The van der Waals surface area contributed by atoms with Crippen molar-refractivity contribution in [3.05, 3.63) is 41.9 Å². The van der Waals surface area contributed by atoms with E-state index in [9.17, 15) is 35.9 Å². The van der Waals surface area contributed by atoms with Crippen LogP contribution >= 0.6 is 0 Å². The first-order valence-electron chi connectivity index (χ1n) is 11.7. The van der Waals surface area contributed by atoms with Crippen molar-refractivity contribution in [1.82, 2.24) is 14.9 Å². The second-order valence-corrected chi connectivity index (χ2v) is 10.1. The van der Waals surface area contributed by atoms with E-state index in [2.05, 4.69) is 19.8 Å². The Morgan fingerprint density at radius 3 is 2.39 bits per heavy atom. The molecular formula is C24H23F6N3O5. The second-order valence-electron chi connectivity index (χ2n) is 10.1. The van der Waals surface area contributed by atoms with Gasteiger partial charge in [0.2, 0.25) is 5.91 Å². The number of alkyl halides is 6. The van der Waals surface area contributed by atoms with Gasteiger partial charge in [-0.2, -0.15) is 13.2 Å². The number of methoxy groups -OCH3 is 1. The Bertz CT molecular complexity index is 1230. The molecule has 2 bridgehead atoms. The summed E-state index contributed by atoms with van der Waals surface area (Å²) in [4.78, 5) is 28.8. The van der Waals surface area contributed by atoms with E-state index < -0.39 is 41.8 Å². The van der Waals surface area contributed by atoms with Crippen LogP contribution in [0.2, 0.25) is 0 Å². The maximum Gasteiger partial charge on any atom is 0.522 e. The van der Waals surface area contributed by atoms with E-state index in [4.69, 9.17) is 4.74 Å². The summed E-state index contributed by atoms with van der Waals surface area (Å²) < 4.78 is 91.7. The van der Waals surface area contributed by atoms with Crippen LogP contribution in [-0.2, 0) is 30.7 Å². The number of carbonyl (C=O) groups excluding carboxylic acids is 2. The van der Waals surface area contributed by atoms with E-state index >= 15 is 0 Å². The summed E-state index contributed by atoms with van der Waals surface area (Å²) in [5, 5.41) is 2.92. The number of imidazole rings is 1. The summed E-state index contributed by atoms with van der Waals surface area (Å²) in [6.45, 7) is -0.266. The van der Waals surface area contributed by atoms with Crippen molar-refractivity contribution in [2.24, 2.45) is 0 Å². The molecule has 0 atom stereocenters. The number of esters is 1. The Hall–Kier alpha value is -3.13. The summed E-state index contributed by atoms with van der Waals surface area (Å²) >= 11 is 0. The standard InChI is InChI=1S/C24H23F6N3O5/c1-36-20(35)17-4-13(23(25,26)27)2-3-16(17)18-7-33(12-31-18)22-9-21(10-22,11-22)32-19(34)8-37-14-5-15(6-14)38-24(28,29)30/h2-4,7,12,14-15H,5-6,8-11H2,1H3,(H,32,34). The number of rotatable bonds is 8. The lowest BCUT2D eigenvalue weighted by atomic mass is 9.44. The Labute approximate surface area is 212 Å². The average molecular weight is 547 g/mol. The SMILES string of the molecule is COC(=O)c1cc(C(F)(F)F)ccc1-c1cn(C23CC(NC(=O)COC4CC(OC(F)(F)F)C4)(C2)C3)cn1. The highest BCUT2D eigenvalue weighted by atomic mass is 19.4. The van der Waals surface area contributed by atoms with Crippen LogP contribution < -0.4 is 5.32 Å². The molecule has 0 unspecified atom stereocenters. The van der Waals surface area contributed by atoms with Gasteiger partial charge in [0.15, 0.2) is 0 Å². The molecule has 38 heavy (non-hydrogen) atoms. The zero-order valence-corrected chi connectivity index (χ0v) is 20.0. The van der Waals surface area contributed by atoms with E-state index in [1.807, 2.05) is 4.57 Å². The third-order valence-electron chi connectivity index (χ3n) is 7.37. The van der Waals surface area contributed by atoms with Crippen molar-refractivity contribution >= 4 is 11.9 Å². The molecule has 14 heteroatoms. The van der Waals surface area contributed by atoms with Crippen molar-refractivity contribution in [2.45, 2.75) is 67.9 Å². The minimum atomic E-state index is -4.69. The Morgan fingerprint density at radius 1 is 1.11 bits per heavy atom. The minimum absolute atomic E-state index is 0.0701. The summed E-state index contributed by atoms with van der Waals surface area (Å²) in [7, 11) is 1.08. The predicted molar refractivity (Wildman–Crippen MR) is 117 cm³/mol. The number of benzene rings is 1. The number of nitrogens with one attached hydrogen (secondary N) is 1. The summed E-state index contributed by atoms with van der Waals surface area (Å²) in [6, 6.07) is 2.80. The first kappa shape index (κ1) is 26.5. The summed E-state index contributed by atoms with van der Waals surface area (Å²) in [5.41, 5.74) is -1.45. The molecule has 1 heterocycles. The van der Waals surface area contributed by atoms with Crippen molar-refractivity contribution in [3.63, 3.8) is 0 Å². The number of ether oxygens (including phenoxy) is 3. The molecular weight excluding hydrogens is 524 g/mol. The Kier molecular flexibility index (Phi) is 6.25. The molecule has 4 saturated carbocycles. The third-order valence-corrected chi connectivity index (χ3v) is 7.37. The molecule has 0 radical (unpaired) electrons. The fourth-order valence-electron chi connectivity index (χ4n) is 5.55. The second kappa shape index (κ2) is 8.97. The largest absolute Gasteiger partial charge is 0.522 e. The van der Waals surface area contributed by atoms with Crippen molar-refractivity contribution < 1.29 is 50.1 Å². The molecule has 0 spiro atoms. The molecule has 4 aliphatic rings. The number of hydrogen-bond acceptors (Lipinski definition) is 6. The highest BCUT2D eigenvalue weighted by Gasteiger charge is 2.69. The van der Waals surface area contributed by atoms with Gasteiger partial charge in [-0.15, -0.1) is 13.2 Å². The van der Waals surface area contributed by atoms with Crippen LogP contribution in [0.5, 0.6) is 0 Å². The van der Waals surface area contributed by atoms with Gasteiger partial charge in [0.25, 0.3) is 0 Å². The molecule has 2 aromatic rings. The molecule has 1 N–H and O–H groups in total. The molecule has 0 saturated heterocycles. The lowest BCUT2D eigenvalue weighted by molar-refractivity contribution is -0.357. The number of nitrogens with zero attached hydrogens (tertiary/aromatic N) is 2. The monoisotopic (exact) mass is 547 g/mol. The molecule has 1 aromatic carbocycles. The van der Waals surface area contributed by atoms with Crippen LogP contribution in [0.15, 0.2) is 30.7 Å². The molecule has 4 aliphatic carbocycles. The highest BCUT2D eigenvalue weighted by Crippen LogP contribution is 2.65. The first-order valence-corrected chi connectivity index (χ1v) is 11.7. The van der Waals surface area contributed by atoms with Crippen molar-refractivity contribution in [2.75, 3.05) is 13.7 Å². The van der Waals surface area contributed by atoms with E-state index in [1.54, 1.807) is 6.20 Å². The van der Waals surface area contributed by atoms with Gasteiger partial charge in [0.05, 0.1) is 48.0 Å². The fraction of sp³-hybridized carbons (Fsp3) is 0.542. The normalized spacial score (nSPS) is 28.1. The van der Waals surface area contributed by atoms with Crippen LogP contribution in [0.3, 0.4) is 0 Å². The van der Waals surface area contributed by atoms with Gasteiger partial charge in [0, 0.05) is 30.1 Å². The third kappa shape index (κ3) is 4.98. The smallest absolute Gasteiger partial charge is 0.465 e. The zero-order chi connectivity index (χ0) is 27.5. The van der Waals surface area contributed by atoms with Crippen LogP contribution in [0.25, 0.3) is 11.3 Å². The highest BCUT2D eigenvalue weighted by molar-refractivity contribution is 5.97. The topological polar surface area (TPSA) is 91.7 Å². The maximum absolute atomic E-state index is 13.1. The summed E-state index contributed by atoms with van der Waals surface area (Å²) in [6.07, 6.45) is -5.60. The van der Waals surface area contributed by atoms with Crippen LogP contribution in [0, 0.1) is 0 Å². The van der Waals surface area contributed by atoms with Gasteiger partial charge in [-0.05, 0) is 31.4 Å². The molecule has 1 aromatic heterocycles. The first-order chi connectivity index (χ1) is 17.7. The van der Waals surface area contributed by atoms with Crippen LogP contribution in [0.1, 0.15) is 48.0 Å². The zero-order valence-electron chi connectivity index (χ0n) is 20.0. The number of amides is 1. The quantitative estimate of drug-likeness (QED) is 0.394. The minimum Gasteiger partial charge on any atom is -0.465 e. The molecule has 0 aliphatic heterocycles. The fourth-order valence-corrected chi connectivity index (χ4v) is 5.55. The number of carbonyl (C=O) groups is 2. The van der Waals surface area contributed by atoms with E-state index in [1.165, 1.54) is 12.4 Å². The molecule has 4 fully saturated rings.